The molecule has 1 amide bonds. The Morgan fingerprint density at radius 2 is 1.79 bits per heavy atom. The van der Waals surface area contributed by atoms with Crippen molar-refractivity contribution in [1.82, 2.24) is 14.5 Å². The minimum Gasteiger partial charge on any atom is -0.354 e. The third-order valence-corrected chi connectivity index (χ3v) is 4.66. The Morgan fingerprint density at radius 1 is 1.21 bits per heavy atom. The number of nitrogens with zero attached hydrogens (tertiary/aromatic N) is 2. The number of halogens is 1. The third-order valence-electron chi connectivity index (χ3n) is 4.66. The highest BCUT2D eigenvalue weighted by atomic mass is 35.5. The molecule has 0 radical (unpaired) electrons. The lowest BCUT2D eigenvalue weighted by Crippen LogP contribution is -2.49. The van der Waals surface area contributed by atoms with Crippen LogP contribution < -0.4 is 16.7 Å². The Balaban J connectivity index is 0.00000288. The molecule has 1 heterocycles. The summed E-state index contributed by atoms with van der Waals surface area (Å²) in [5, 5.41) is 2.88. The number of nitrogens with two attached hydrogens (primary N) is 1. The van der Waals surface area contributed by atoms with E-state index >= 15 is 0 Å². The van der Waals surface area contributed by atoms with Crippen molar-refractivity contribution >= 4 is 29.3 Å². The summed E-state index contributed by atoms with van der Waals surface area (Å²) < 4.78 is 3.25. The van der Waals surface area contributed by atoms with Crippen LogP contribution in [0.25, 0.3) is 11.0 Å². The molecule has 0 aliphatic rings. The fraction of sp³-hybridized carbons (Fsp3) is 0.529. The van der Waals surface area contributed by atoms with Crippen molar-refractivity contribution in [1.29, 1.82) is 0 Å². The number of fused-ring (bicyclic) bond motifs is 1. The van der Waals surface area contributed by atoms with Gasteiger partial charge in [0.2, 0.25) is 5.91 Å². The van der Waals surface area contributed by atoms with Crippen LogP contribution in [0.5, 0.6) is 0 Å². The minimum atomic E-state index is -0.355. The van der Waals surface area contributed by atoms with E-state index in [4.69, 9.17) is 5.73 Å². The second kappa shape index (κ2) is 8.35. The highest BCUT2D eigenvalue weighted by Crippen LogP contribution is 2.12. The van der Waals surface area contributed by atoms with Crippen molar-refractivity contribution in [3.63, 3.8) is 0 Å². The summed E-state index contributed by atoms with van der Waals surface area (Å²) in [4.78, 5) is 24.3. The van der Waals surface area contributed by atoms with Crippen LogP contribution in [0, 0.1) is 0 Å². The molecule has 6 nitrogen and oxygen atoms in total. The molecule has 0 aliphatic carbocycles. The van der Waals surface area contributed by atoms with Gasteiger partial charge in [-0.05, 0) is 25.0 Å². The van der Waals surface area contributed by atoms with E-state index in [1.807, 2.05) is 38.1 Å². The van der Waals surface area contributed by atoms with E-state index in [0.717, 1.165) is 23.9 Å². The van der Waals surface area contributed by atoms with Gasteiger partial charge in [-0.15, -0.1) is 12.4 Å². The number of hydrogen-bond acceptors (Lipinski definition) is 3. The van der Waals surface area contributed by atoms with Crippen LogP contribution in [0.3, 0.4) is 0 Å². The van der Waals surface area contributed by atoms with Gasteiger partial charge < -0.3 is 11.1 Å². The Hall–Kier alpha value is -1.79. The Morgan fingerprint density at radius 3 is 2.38 bits per heavy atom. The standard InChI is InChI=1S/C17H26N4O2.ClH/c1-4-17(18,5-2)12-19-15(22)10-11-21-14-9-7-6-8-13(14)20(3)16(21)23;/h6-9H,4-5,10-12,18H2,1-3H3,(H,19,22);1H. The second-order valence-corrected chi connectivity index (χ2v) is 6.08. The van der Waals surface area contributed by atoms with Crippen LogP contribution in [-0.4, -0.2) is 27.1 Å². The molecule has 1 aromatic carbocycles. The summed E-state index contributed by atoms with van der Waals surface area (Å²) in [7, 11) is 1.74. The van der Waals surface area contributed by atoms with Gasteiger partial charge in [0.1, 0.15) is 0 Å². The van der Waals surface area contributed by atoms with Crippen LogP contribution in [0.2, 0.25) is 0 Å². The highest BCUT2D eigenvalue weighted by Gasteiger charge is 2.21. The smallest absolute Gasteiger partial charge is 0.328 e. The number of nitrogens with one attached hydrogen (secondary N) is 1. The number of carbonyl (C=O) groups is 1. The molecule has 24 heavy (non-hydrogen) atoms. The molecule has 3 N–H and O–H groups in total. The molecule has 0 atom stereocenters. The van der Waals surface area contributed by atoms with Gasteiger partial charge in [0.05, 0.1) is 11.0 Å². The lowest BCUT2D eigenvalue weighted by molar-refractivity contribution is -0.121. The van der Waals surface area contributed by atoms with Crippen molar-refractivity contribution in [3.05, 3.63) is 34.7 Å². The van der Waals surface area contributed by atoms with Gasteiger partial charge in [-0.25, -0.2) is 4.79 Å². The minimum absolute atomic E-state index is 0. The normalized spacial score (nSPS) is 11.3. The molecule has 0 saturated carbocycles. The van der Waals surface area contributed by atoms with E-state index in [1.165, 1.54) is 0 Å². The SMILES string of the molecule is CCC(N)(CC)CNC(=O)CCn1c(=O)n(C)c2ccccc21.Cl. The van der Waals surface area contributed by atoms with E-state index in [0.29, 0.717) is 13.1 Å². The summed E-state index contributed by atoms with van der Waals surface area (Å²) in [6.07, 6.45) is 1.89. The molecule has 2 rings (SSSR count). The number of amides is 1. The number of para-hydroxylation sites is 2. The van der Waals surface area contributed by atoms with E-state index < -0.39 is 0 Å². The first-order valence-corrected chi connectivity index (χ1v) is 8.11. The summed E-state index contributed by atoms with van der Waals surface area (Å²) in [5.74, 6) is -0.0819. The van der Waals surface area contributed by atoms with E-state index in [2.05, 4.69) is 5.32 Å². The van der Waals surface area contributed by atoms with Crippen molar-refractivity contribution in [3.8, 4) is 0 Å². The van der Waals surface area contributed by atoms with Gasteiger partial charge in [-0.3, -0.25) is 13.9 Å². The molecule has 1 aromatic heterocycles. The van der Waals surface area contributed by atoms with Crippen LogP contribution in [0.1, 0.15) is 33.1 Å². The zero-order valence-corrected chi connectivity index (χ0v) is 15.4. The van der Waals surface area contributed by atoms with Gasteiger partial charge in [0, 0.05) is 32.1 Å². The van der Waals surface area contributed by atoms with Crippen LogP contribution in [0.4, 0.5) is 0 Å². The molecule has 0 bridgehead atoms. The first-order chi connectivity index (χ1) is 10.9. The quantitative estimate of drug-likeness (QED) is 0.795. The van der Waals surface area contributed by atoms with Gasteiger partial charge in [0.25, 0.3) is 0 Å². The van der Waals surface area contributed by atoms with Gasteiger partial charge in [0.15, 0.2) is 0 Å². The summed E-state index contributed by atoms with van der Waals surface area (Å²) in [6.45, 7) is 4.86. The first-order valence-electron chi connectivity index (χ1n) is 8.11. The van der Waals surface area contributed by atoms with E-state index in [-0.39, 0.29) is 36.0 Å². The molecule has 134 valence electrons. The largest absolute Gasteiger partial charge is 0.354 e. The maximum Gasteiger partial charge on any atom is 0.328 e. The molecule has 0 spiro atoms. The van der Waals surface area contributed by atoms with Crippen molar-refractivity contribution in [2.45, 2.75) is 45.2 Å². The zero-order chi connectivity index (χ0) is 17.0. The molecule has 2 aromatic rings. The maximum absolute atomic E-state index is 12.3. The second-order valence-electron chi connectivity index (χ2n) is 6.08. The number of carbonyl (C=O) groups excluding carboxylic acids is 1. The Labute approximate surface area is 148 Å². The van der Waals surface area contributed by atoms with Crippen LogP contribution in [-0.2, 0) is 18.4 Å². The lowest BCUT2D eigenvalue weighted by atomic mass is 9.94. The molecule has 0 fully saturated rings. The number of hydrogen-bond donors (Lipinski definition) is 2. The maximum atomic E-state index is 12.3. The molecule has 7 heteroatoms. The number of benzene rings is 1. The highest BCUT2D eigenvalue weighted by molar-refractivity contribution is 5.85. The average molecular weight is 355 g/mol. The zero-order valence-electron chi connectivity index (χ0n) is 14.5. The summed E-state index contributed by atoms with van der Waals surface area (Å²) in [6, 6.07) is 7.59. The fourth-order valence-electron chi connectivity index (χ4n) is 2.66. The van der Waals surface area contributed by atoms with E-state index in [1.54, 1.807) is 16.2 Å². The number of rotatable bonds is 7. The predicted molar refractivity (Wildman–Crippen MR) is 99.6 cm³/mol. The van der Waals surface area contributed by atoms with Gasteiger partial charge >= 0.3 is 5.69 Å². The van der Waals surface area contributed by atoms with Crippen LogP contribution >= 0.6 is 12.4 Å². The molecular weight excluding hydrogens is 328 g/mol. The molecule has 0 saturated heterocycles. The number of imidazole rings is 1. The average Bonchev–Trinajstić information content (AvgIpc) is 2.82. The first kappa shape index (κ1) is 20.3. The monoisotopic (exact) mass is 354 g/mol. The molecular formula is C17H27ClN4O2. The Bertz CT molecular complexity index is 747. The lowest BCUT2D eigenvalue weighted by Gasteiger charge is -2.26. The number of aryl methyl sites for hydroxylation is 2. The van der Waals surface area contributed by atoms with Crippen molar-refractivity contribution in [2.24, 2.45) is 12.8 Å². The van der Waals surface area contributed by atoms with E-state index in [9.17, 15) is 9.59 Å². The topological polar surface area (TPSA) is 82.1 Å². The molecule has 0 aliphatic heterocycles. The van der Waals surface area contributed by atoms with Crippen molar-refractivity contribution < 1.29 is 4.79 Å². The summed E-state index contributed by atoms with van der Waals surface area (Å²) >= 11 is 0. The summed E-state index contributed by atoms with van der Waals surface area (Å²) in [5.41, 5.74) is 7.44. The van der Waals surface area contributed by atoms with Gasteiger partial charge in [-0.2, -0.15) is 0 Å². The van der Waals surface area contributed by atoms with Crippen molar-refractivity contribution in [2.75, 3.05) is 6.54 Å². The predicted octanol–water partition coefficient (Wildman–Crippen LogP) is 1.79. The molecule has 0 unspecified atom stereocenters. The third kappa shape index (κ3) is 4.19. The fourth-order valence-corrected chi connectivity index (χ4v) is 2.66. The Kier molecular flexibility index (Phi) is 7.05. The number of aromatic nitrogens is 2. The van der Waals surface area contributed by atoms with Crippen LogP contribution in [0.15, 0.2) is 29.1 Å². The van der Waals surface area contributed by atoms with Gasteiger partial charge in [-0.1, -0.05) is 26.0 Å².